The summed E-state index contributed by atoms with van der Waals surface area (Å²) in [5.74, 6) is -0.747. The first-order valence-corrected chi connectivity index (χ1v) is 5.79. The number of nitrogens with one attached hydrogen (secondary N) is 1. The maximum atomic E-state index is 13.4. The third-order valence-corrected chi connectivity index (χ3v) is 3.56. The Balaban J connectivity index is 2.45. The van der Waals surface area contributed by atoms with Gasteiger partial charge in [0.2, 0.25) is 0 Å². The maximum Gasteiger partial charge on any atom is 0.311 e. The van der Waals surface area contributed by atoms with Gasteiger partial charge in [0.1, 0.15) is 11.6 Å². The number of carboxylic acid groups (broad SMARTS) is 1. The number of ether oxygens (including phenoxy) is 1. The van der Waals surface area contributed by atoms with Gasteiger partial charge in [-0.2, -0.15) is 0 Å². The molecule has 1 aliphatic carbocycles. The van der Waals surface area contributed by atoms with E-state index in [0.717, 1.165) is 0 Å². The summed E-state index contributed by atoms with van der Waals surface area (Å²) in [6, 6.07) is 3.71. The van der Waals surface area contributed by atoms with E-state index in [1.807, 2.05) is 0 Å². The van der Waals surface area contributed by atoms with Crippen LogP contribution in [0.5, 0.6) is 5.75 Å². The highest BCUT2D eigenvalue weighted by Crippen LogP contribution is 2.56. The van der Waals surface area contributed by atoms with Gasteiger partial charge in [-0.3, -0.25) is 4.79 Å². The summed E-state index contributed by atoms with van der Waals surface area (Å²) < 4.78 is 18.5. The molecule has 1 saturated carbocycles. The summed E-state index contributed by atoms with van der Waals surface area (Å²) in [4.78, 5) is 11.4. The molecular formula is C13H16FNO3. The van der Waals surface area contributed by atoms with E-state index in [0.29, 0.717) is 24.2 Å². The van der Waals surface area contributed by atoms with Gasteiger partial charge in [-0.15, -0.1) is 0 Å². The molecule has 1 unspecified atom stereocenters. The smallest absolute Gasteiger partial charge is 0.311 e. The number of rotatable bonds is 5. The van der Waals surface area contributed by atoms with Crippen LogP contribution in [0.1, 0.15) is 24.4 Å². The molecule has 5 heteroatoms. The van der Waals surface area contributed by atoms with Crippen molar-refractivity contribution >= 4 is 5.97 Å². The van der Waals surface area contributed by atoms with Crippen LogP contribution in [0.4, 0.5) is 4.39 Å². The molecule has 18 heavy (non-hydrogen) atoms. The predicted octanol–water partition coefficient (Wildman–Crippen LogP) is 1.96. The third kappa shape index (κ3) is 1.95. The third-order valence-electron chi connectivity index (χ3n) is 3.56. The van der Waals surface area contributed by atoms with E-state index in [1.54, 1.807) is 7.05 Å². The first kappa shape index (κ1) is 12.8. The van der Waals surface area contributed by atoms with Gasteiger partial charge in [-0.05, 0) is 38.1 Å². The molecule has 0 saturated heterocycles. The van der Waals surface area contributed by atoms with Crippen LogP contribution in [-0.2, 0) is 4.79 Å². The molecule has 98 valence electrons. The van der Waals surface area contributed by atoms with E-state index < -0.39 is 23.2 Å². The Bertz CT molecular complexity index is 471. The number of carboxylic acids is 1. The van der Waals surface area contributed by atoms with Crippen LogP contribution >= 0.6 is 0 Å². The summed E-state index contributed by atoms with van der Waals surface area (Å²) in [6.45, 7) is 0. The highest BCUT2D eigenvalue weighted by molar-refractivity contribution is 5.79. The zero-order chi connectivity index (χ0) is 13.3. The molecule has 0 aliphatic heterocycles. The van der Waals surface area contributed by atoms with Crippen molar-refractivity contribution in [2.45, 2.75) is 18.9 Å². The van der Waals surface area contributed by atoms with Crippen LogP contribution in [0.25, 0.3) is 0 Å². The van der Waals surface area contributed by atoms with Gasteiger partial charge in [0.15, 0.2) is 0 Å². The largest absolute Gasteiger partial charge is 0.496 e. The fraction of sp³-hybridized carbons (Fsp3) is 0.462. The molecule has 0 heterocycles. The fourth-order valence-electron chi connectivity index (χ4n) is 2.42. The summed E-state index contributed by atoms with van der Waals surface area (Å²) in [5, 5.41) is 12.3. The zero-order valence-electron chi connectivity index (χ0n) is 10.4. The Hall–Kier alpha value is -1.62. The number of hydrogen-bond acceptors (Lipinski definition) is 3. The molecule has 0 bridgehead atoms. The van der Waals surface area contributed by atoms with E-state index in [1.165, 1.54) is 25.3 Å². The SMILES string of the molecule is CNC(c1cc(F)ccc1OC)C1(C(=O)O)CC1. The van der Waals surface area contributed by atoms with Crippen molar-refractivity contribution < 1.29 is 19.0 Å². The molecule has 1 fully saturated rings. The summed E-state index contributed by atoms with van der Waals surface area (Å²) in [7, 11) is 3.17. The first-order valence-electron chi connectivity index (χ1n) is 5.79. The second kappa shape index (κ2) is 4.57. The van der Waals surface area contributed by atoms with Crippen molar-refractivity contribution in [2.75, 3.05) is 14.2 Å². The molecule has 1 aromatic carbocycles. The summed E-state index contributed by atoms with van der Waals surface area (Å²) >= 11 is 0. The molecular weight excluding hydrogens is 237 g/mol. The molecule has 0 aromatic heterocycles. The van der Waals surface area contributed by atoms with Gasteiger partial charge in [0.05, 0.1) is 18.6 Å². The standard InChI is InChI=1S/C13H16FNO3/c1-15-11(13(5-6-13)12(16)17)9-7-8(14)3-4-10(9)18-2/h3-4,7,11,15H,5-6H2,1-2H3,(H,16,17). The Morgan fingerprint density at radius 2 is 2.22 bits per heavy atom. The molecule has 1 aromatic rings. The fourth-order valence-corrected chi connectivity index (χ4v) is 2.42. The van der Waals surface area contributed by atoms with Gasteiger partial charge in [-0.25, -0.2) is 4.39 Å². The van der Waals surface area contributed by atoms with E-state index in [4.69, 9.17) is 4.74 Å². The lowest BCUT2D eigenvalue weighted by Crippen LogP contribution is -2.32. The van der Waals surface area contributed by atoms with Gasteiger partial charge in [0.25, 0.3) is 0 Å². The van der Waals surface area contributed by atoms with Crippen LogP contribution in [0.3, 0.4) is 0 Å². The molecule has 0 spiro atoms. The molecule has 1 aliphatic rings. The van der Waals surface area contributed by atoms with Gasteiger partial charge in [-0.1, -0.05) is 0 Å². The van der Waals surface area contributed by atoms with Crippen molar-refractivity contribution in [3.8, 4) is 5.75 Å². The lowest BCUT2D eigenvalue weighted by molar-refractivity contribution is -0.144. The normalized spacial score (nSPS) is 18.2. The maximum absolute atomic E-state index is 13.4. The number of benzene rings is 1. The monoisotopic (exact) mass is 253 g/mol. The van der Waals surface area contributed by atoms with E-state index in [2.05, 4.69) is 5.32 Å². The highest BCUT2D eigenvalue weighted by atomic mass is 19.1. The second-order valence-corrected chi connectivity index (χ2v) is 4.57. The Morgan fingerprint density at radius 1 is 1.56 bits per heavy atom. The molecule has 4 nitrogen and oxygen atoms in total. The van der Waals surface area contributed by atoms with Crippen LogP contribution in [0.15, 0.2) is 18.2 Å². The lowest BCUT2D eigenvalue weighted by Gasteiger charge is -2.25. The molecule has 2 N–H and O–H groups in total. The van der Waals surface area contributed by atoms with Crippen molar-refractivity contribution in [3.05, 3.63) is 29.6 Å². The van der Waals surface area contributed by atoms with Crippen LogP contribution in [-0.4, -0.2) is 25.2 Å². The topological polar surface area (TPSA) is 58.6 Å². The van der Waals surface area contributed by atoms with Crippen molar-refractivity contribution in [2.24, 2.45) is 5.41 Å². The van der Waals surface area contributed by atoms with Crippen LogP contribution < -0.4 is 10.1 Å². The zero-order valence-corrected chi connectivity index (χ0v) is 10.4. The van der Waals surface area contributed by atoms with Crippen molar-refractivity contribution in [3.63, 3.8) is 0 Å². The summed E-state index contributed by atoms with van der Waals surface area (Å²) in [6.07, 6.45) is 1.18. The molecule has 0 radical (unpaired) electrons. The summed E-state index contributed by atoms with van der Waals surface area (Å²) in [5.41, 5.74) is -0.282. The average molecular weight is 253 g/mol. The van der Waals surface area contributed by atoms with E-state index >= 15 is 0 Å². The number of halogens is 1. The Morgan fingerprint density at radius 3 is 2.67 bits per heavy atom. The average Bonchev–Trinajstić information content (AvgIpc) is 3.12. The number of methoxy groups -OCH3 is 1. The lowest BCUT2D eigenvalue weighted by atomic mass is 9.89. The number of carbonyl (C=O) groups is 1. The van der Waals surface area contributed by atoms with Crippen LogP contribution in [0.2, 0.25) is 0 Å². The van der Waals surface area contributed by atoms with Crippen molar-refractivity contribution in [1.82, 2.24) is 5.32 Å². The second-order valence-electron chi connectivity index (χ2n) is 4.57. The van der Waals surface area contributed by atoms with E-state index in [-0.39, 0.29) is 0 Å². The minimum absolute atomic E-state index is 0.396. The molecule has 1 atom stereocenters. The quantitative estimate of drug-likeness (QED) is 0.842. The minimum Gasteiger partial charge on any atom is -0.496 e. The number of hydrogen-bond donors (Lipinski definition) is 2. The predicted molar refractivity (Wildman–Crippen MR) is 64.1 cm³/mol. The van der Waals surface area contributed by atoms with Crippen LogP contribution in [0, 0.1) is 11.2 Å². The first-order chi connectivity index (χ1) is 8.55. The highest BCUT2D eigenvalue weighted by Gasteiger charge is 2.56. The van der Waals surface area contributed by atoms with Crippen molar-refractivity contribution in [1.29, 1.82) is 0 Å². The van der Waals surface area contributed by atoms with E-state index in [9.17, 15) is 14.3 Å². The van der Waals surface area contributed by atoms with Gasteiger partial charge in [0, 0.05) is 5.56 Å². The molecule has 2 rings (SSSR count). The minimum atomic E-state index is -0.854. The van der Waals surface area contributed by atoms with Gasteiger partial charge < -0.3 is 15.2 Å². The molecule has 0 amide bonds. The number of aliphatic carboxylic acids is 1. The Labute approximate surface area is 105 Å². The Kier molecular flexibility index (Phi) is 3.26. The van der Waals surface area contributed by atoms with Gasteiger partial charge >= 0.3 is 5.97 Å².